The number of halogens is 1. The smallest absolute Gasteiger partial charge is 0.152 e. The van der Waals surface area contributed by atoms with E-state index in [0.717, 1.165) is 11.4 Å². The first-order valence-corrected chi connectivity index (χ1v) is 9.86. The van der Waals surface area contributed by atoms with E-state index in [4.69, 9.17) is 11.6 Å². The SMILES string of the molecule is Cc1ccc(N/N=C\c2c(C)nn([C@@H]3CCS(=O)(=O)C3)c2Cl)cc1. The van der Waals surface area contributed by atoms with Gasteiger partial charge >= 0.3 is 0 Å². The average molecular weight is 367 g/mol. The largest absolute Gasteiger partial charge is 0.279 e. The molecule has 0 amide bonds. The summed E-state index contributed by atoms with van der Waals surface area (Å²) in [6.45, 7) is 3.85. The van der Waals surface area contributed by atoms with E-state index in [0.29, 0.717) is 17.1 Å². The van der Waals surface area contributed by atoms with Gasteiger partial charge in [0.2, 0.25) is 0 Å². The molecule has 8 heteroatoms. The van der Waals surface area contributed by atoms with Crippen molar-refractivity contribution in [3.05, 3.63) is 46.2 Å². The summed E-state index contributed by atoms with van der Waals surface area (Å²) in [6.07, 6.45) is 2.16. The Hall–Kier alpha value is -1.86. The molecule has 24 heavy (non-hydrogen) atoms. The molecule has 1 aliphatic heterocycles. The Bertz CT molecular complexity index is 872. The summed E-state index contributed by atoms with van der Waals surface area (Å²) >= 11 is 6.39. The molecule has 1 fully saturated rings. The molecule has 1 aromatic heterocycles. The predicted octanol–water partition coefficient (Wildman–Crippen LogP) is 2.96. The van der Waals surface area contributed by atoms with Crippen LogP contribution in [-0.2, 0) is 9.84 Å². The molecule has 6 nitrogen and oxygen atoms in total. The number of anilines is 1. The lowest BCUT2D eigenvalue weighted by molar-refractivity contribution is 0.497. The van der Waals surface area contributed by atoms with Gasteiger partial charge in [0.15, 0.2) is 9.84 Å². The first-order valence-electron chi connectivity index (χ1n) is 7.66. The number of hydrogen-bond donors (Lipinski definition) is 1. The second-order valence-corrected chi connectivity index (χ2v) is 8.61. The van der Waals surface area contributed by atoms with Crippen LogP contribution in [0.3, 0.4) is 0 Å². The van der Waals surface area contributed by atoms with Crippen LogP contribution in [0.1, 0.15) is 29.3 Å². The monoisotopic (exact) mass is 366 g/mol. The minimum absolute atomic E-state index is 0.0893. The molecule has 0 unspecified atom stereocenters. The van der Waals surface area contributed by atoms with Crippen LogP contribution in [0.25, 0.3) is 0 Å². The molecule has 0 aliphatic carbocycles. The molecular formula is C16H19ClN4O2S. The Morgan fingerprint density at radius 1 is 1.33 bits per heavy atom. The number of nitrogens with zero attached hydrogens (tertiary/aromatic N) is 3. The standard InChI is InChI=1S/C16H19ClN4O2S/c1-11-3-5-13(6-4-11)19-18-9-15-12(2)20-21(16(15)17)14-7-8-24(22,23)10-14/h3-6,9,14,19H,7-8,10H2,1-2H3/b18-9-/t14-/m1/s1. The Morgan fingerprint density at radius 3 is 2.67 bits per heavy atom. The number of benzene rings is 1. The normalized spacial score (nSPS) is 19.9. The maximum absolute atomic E-state index is 11.6. The van der Waals surface area contributed by atoms with E-state index >= 15 is 0 Å². The minimum Gasteiger partial charge on any atom is -0.279 e. The lowest BCUT2D eigenvalue weighted by Gasteiger charge is -2.09. The van der Waals surface area contributed by atoms with Crippen LogP contribution in [-0.4, -0.2) is 35.9 Å². The highest BCUT2D eigenvalue weighted by Gasteiger charge is 2.31. The maximum atomic E-state index is 11.6. The first kappa shape index (κ1) is 17.0. The fourth-order valence-corrected chi connectivity index (χ4v) is 4.74. The van der Waals surface area contributed by atoms with Crippen molar-refractivity contribution in [2.75, 3.05) is 16.9 Å². The van der Waals surface area contributed by atoms with Gasteiger partial charge in [0.1, 0.15) is 5.15 Å². The minimum atomic E-state index is -2.99. The van der Waals surface area contributed by atoms with E-state index < -0.39 is 9.84 Å². The molecule has 0 spiro atoms. The van der Waals surface area contributed by atoms with Crippen molar-refractivity contribution in [1.29, 1.82) is 0 Å². The van der Waals surface area contributed by atoms with Crippen molar-refractivity contribution in [2.45, 2.75) is 26.3 Å². The van der Waals surface area contributed by atoms with E-state index in [1.165, 1.54) is 5.56 Å². The summed E-state index contributed by atoms with van der Waals surface area (Å²) < 4.78 is 24.9. The van der Waals surface area contributed by atoms with Crippen molar-refractivity contribution in [3.8, 4) is 0 Å². The van der Waals surface area contributed by atoms with Crippen molar-refractivity contribution in [2.24, 2.45) is 5.10 Å². The third-order valence-electron chi connectivity index (χ3n) is 4.06. The molecule has 2 aromatic rings. The van der Waals surface area contributed by atoms with Gasteiger partial charge in [-0.15, -0.1) is 0 Å². The number of hydrogen-bond acceptors (Lipinski definition) is 5. The molecule has 3 rings (SSSR count). The quantitative estimate of drug-likeness (QED) is 0.666. The number of hydrazone groups is 1. The number of aryl methyl sites for hydroxylation is 2. The highest BCUT2D eigenvalue weighted by atomic mass is 35.5. The maximum Gasteiger partial charge on any atom is 0.152 e. The third-order valence-corrected chi connectivity index (χ3v) is 6.19. The number of nitrogens with one attached hydrogen (secondary N) is 1. The molecule has 0 bridgehead atoms. The topological polar surface area (TPSA) is 76.3 Å². The zero-order valence-electron chi connectivity index (χ0n) is 13.5. The van der Waals surface area contributed by atoms with Gasteiger partial charge in [0.25, 0.3) is 0 Å². The van der Waals surface area contributed by atoms with Gasteiger partial charge in [-0.05, 0) is 32.4 Å². The summed E-state index contributed by atoms with van der Waals surface area (Å²) in [7, 11) is -2.99. The molecule has 0 saturated carbocycles. The van der Waals surface area contributed by atoms with Gasteiger partial charge in [-0.2, -0.15) is 10.2 Å². The lowest BCUT2D eigenvalue weighted by Crippen LogP contribution is -2.12. The second-order valence-electron chi connectivity index (χ2n) is 6.03. The van der Waals surface area contributed by atoms with Crippen LogP contribution in [0, 0.1) is 13.8 Å². The highest BCUT2D eigenvalue weighted by molar-refractivity contribution is 7.91. The highest BCUT2D eigenvalue weighted by Crippen LogP contribution is 2.29. The van der Waals surface area contributed by atoms with Crippen molar-refractivity contribution >= 4 is 33.3 Å². The fourth-order valence-electron chi connectivity index (χ4n) is 2.69. The molecule has 1 saturated heterocycles. The van der Waals surface area contributed by atoms with Gasteiger partial charge in [-0.25, -0.2) is 13.1 Å². The third kappa shape index (κ3) is 3.62. The van der Waals surface area contributed by atoms with Crippen LogP contribution in [0.5, 0.6) is 0 Å². The van der Waals surface area contributed by atoms with Crippen LogP contribution in [0.4, 0.5) is 5.69 Å². The predicted molar refractivity (Wildman–Crippen MR) is 96.7 cm³/mol. The van der Waals surface area contributed by atoms with Crippen molar-refractivity contribution in [1.82, 2.24) is 9.78 Å². The van der Waals surface area contributed by atoms with E-state index in [1.807, 2.05) is 38.1 Å². The Labute approximate surface area is 146 Å². The molecule has 1 aromatic carbocycles. The fraction of sp³-hybridized carbons (Fsp3) is 0.375. The van der Waals surface area contributed by atoms with E-state index in [2.05, 4.69) is 15.6 Å². The van der Waals surface area contributed by atoms with Gasteiger partial charge in [-0.1, -0.05) is 29.3 Å². The number of sulfone groups is 1. The lowest BCUT2D eigenvalue weighted by atomic mass is 10.2. The molecule has 1 atom stereocenters. The summed E-state index contributed by atoms with van der Waals surface area (Å²) in [4.78, 5) is 0. The van der Waals surface area contributed by atoms with E-state index in [-0.39, 0.29) is 17.5 Å². The summed E-state index contributed by atoms with van der Waals surface area (Å²) in [5, 5.41) is 9.02. The molecule has 128 valence electrons. The van der Waals surface area contributed by atoms with E-state index in [9.17, 15) is 8.42 Å². The van der Waals surface area contributed by atoms with Crippen LogP contribution in [0.2, 0.25) is 5.15 Å². The van der Waals surface area contributed by atoms with Gasteiger partial charge in [0.05, 0.1) is 40.7 Å². The summed E-state index contributed by atoms with van der Waals surface area (Å²) in [6, 6.07) is 7.67. The van der Waals surface area contributed by atoms with Crippen LogP contribution in [0.15, 0.2) is 29.4 Å². The van der Waals surface area contributed by atoms with Crippen molar-refractivity contribution < 1.29 is 8.42 Å². The van der Waals surface area contributed by atoms with Crippen molar-refractivity contribution in [3.63, 3.8) is 0 Å². The molecular weight excluding hydrogens is 348 g/mol. The summed E-state index contributed by atoms with van der Waals surface area (Å²) in [5.74, 6) is 0.275. The van der Waals surface area contributed by atoms with E-state index in [1.54, 1.807) is 10.9 Å². The molecule has 0 radical (unpaired) electrons. The Balaban J connectivity index is 1.77. The zero-order valence-corrected chi connectivity index (χ0v) is 15.1. The number of rotatable bonds is 4. The second kappa shape index (κ2) is 6.57. The van der Waals surface area contributed by atoms with Gasteiger partial charge in [0, 0.05) is 0 Å². The molecule has 2 heterocycles. The van der Waals surface area contributed by atoms with Crippen LogP contribution >= 0.6 is 11.6 Å². The number of aromatic nitrogens is 2. The summed E-state index contributed by atoms with van der Waals surface area (Å²) in [5.41, 5.74) is 6.41. The molecule has 1 aliphatic rings. The average Bonchev–Trinajstić information content (AvgIpc) is 3.02. The van der Waals surface area contributed by atoms with Crippen LogP contribution < -0.4 is 5.43 Å². The van der Waals surface area contributed by atoms with Gasteiger partial charge in [-0.3, -0.25) is 5.43 Å². The first-order chi connectivity index (χ1) is 11.4. The van der Waals surface area contributed by atoms with Gasteiger partial charge < -0.3 is 0 Å². The Kier molecular flexibility index (Phi) is 4.64. The Morgan fingerprint density at radius 2 is 2.04 bits per heavy atom. The zero-order chi connectivity index (χ0) is 17.3. The molecule has 1 N–H and O–H groups in total.